The van der Waals surface area contributed by atoms with Gasteiger partial charge < -0.3 is 4.98 Å². The predicted molar refractivity (Wildman–Crippen MR) is 87.4 cm³/mol. The maximum absolute atomic E-state index is 13.2. The van der Waals surface area contributed by atoms with E-state index in [-0.39, 0.29) is 11.4 Å². The lowest BCUT2D eigenvalue weighted by Gasteiger charge is -2.10. The number of nitrogens with one attached hydrogen (secondary N) is 1. The van der Waals surface area contributed by atoms with Crippen LogP contribution < -0.4 is 5.56 Å². The number of rotatable bonds is 1. The molecule has 0 saturated heterocycles. The normalized spacial score (nSPS) is 10.9. The molecule has 0 fully saturated rings. The Kier molecular flexibility index (Phi) is 3.43. The van der Waals surface area contributed by atoms with Gasteiger partial charge in [0.2, 0.25) is 0 Å². The fraction of sp³-hybridized carbons (Fsp3) is 0. The molecule has 0 amide bonds. The molecule has 100 valence electrons. The zero-order valence-electron chi connectivity index (χ0n) is 10.1. The second-order valence-electron chi connectivity index (χ2n) is 4.21. The number of aromatic nitrogens is 2. The molecule has 6 heteroatoms. The molecule has 1 aromatic heterocycles. The molecule has 0 unspecified atom stereocenters. The molecule has 0 aliphatic rings. The molecular formula is C14H8FIN2OS. The van der Waals surface area contributed by atoms with Crippen molar-refractivity contribution in [3.63, 3.8) is 0 Å². The van der Waals surface area contributed by atoms with Crippen LogP contribution in [0.4, 0.5) is 4.39 Å². The Balaban J connectivity index is 2.43. The first-order valence-corrected chi connectivity index (χ1v) is 7.26. The monoisotopic (exact) mass is 398 g/mol. The number of fused-ring (bicyclic) bond motifs is 1. The zero-order valence-corrected chi connectivity index (χ0v) is 13.0. The van der Waals surface area contributed by atoms with Crippen molar-refractivity contribution < 1.29 is 4.39 Å². The van der Waals surface area contributed by atoms with Crippen LogP contribution in [0.25, 0.3) is 16.6 Å². The molecule has 0 atom stereocenters. The molecule has 20 heavy (non-hydrogen) atoms. The minimum absolute atomic E-state index is 0.214. The van der Waals surface area contributed by atoms with Crippen LogP contribution in [0.2, 0.25) is 0 Å². The molecule has 0 aliphatic heterocycles. The summed E-state index contributed by atoms with van der Waals surface area (Å²) in [5.41, 5.74) is 1.05. The number of hydrogen-bond donors (Lipinski definition) is 1. The second-order valence-corrected chi connectivity index (χ2v) is 5.76. The van der Waals surface area contributed by atoms with Crippen LogP contribution in [0.1, 0.15) is 0 Å². The maximum atomic E-state index is 13.2. The molecule has 2 aromatic carbocycles. The van der Waals surface area contributed by atoms with Gasteiger partial charge in [-0.3, -0.25) is 9.36 Å². The fourth-order valence-electron chi connectivity index (χ4n) is 2.04. The fourth-order valence-corrected chi connectivity index (χ4v) is 3.05. The van der Waals surface area contributed by atoms with Crippen LogP contribution in [-0.4, -0.2) is 9.55 Å². The molecule has 3 rings (SSSR count). The molecule has 0 bridgehead atoms. The van der Waals surface area contributed by atoms with E-state index in [0.717, 1.165) is 0 Å². The quantitative estimate of drug-likeness (QED) is 0.501. The van der Waals surface area contributed by atoms with Crippen molar-refractivity contribution in [2.75, 3.05) is 0 Å². The van der Waals surface area contributed by atoms with Crippen molar-refractivity contribution in [3.8, 4) is 5.69 Å². The third-order valence-corrected chi connectivity index (χ3v) is 4.10. The highest BCUT2D eigenvalue weighted by Crippen LogP contribution is 2.18. The number of benzene rings is 2. The third-order valence-electron chi connectivity index (χ3n) is 2.96. The minimum atomic E-state index is -0.345. The van der Waals surface area contributed by atoms with Crippen LogP contribution in [0.15, 0.2) is 47.3 Å². The maximum Gasteiger partial charge on any atom is 0.266 e. The van der Waals surface area contributed by atoms with Crippen molar-refractivity contribution in [2.45, 2.75) is 0 Å². The average molecular weight is 398 g/mol. The summed E-state index contributed by atoms with van der Waals surface area (Å²) >= 11 is 7.24. The number of hydrogen-bond acceptors (Lipinski definition) is 2. The summed E-state index contributed by atoms with van der Waals surface area (Å²) in [6.07, 6.45) is 0. The van der Waals surface area contributed by atoms with Gasteiger partial charge >= 0.3 is 0 Å². The van der Waals surface area contributed by atoms with Gasteiger partial charge in [-0.2, -0.15) is 0 Å². The zero-order chi connectivity index (χ0) is 14.3. The summed E-state index contributed by atoms with van der Waals surface area (Å²) in [7, 11) is 0. The molecule has 3 nitrogen and oxygen atoms in total. The number of nitrogens with zero attached hydrogens (tertiary/aromatic N) is 1. The van der Waals surface area contributed by atoms with Crippen LogP contribution in [0, 0.1) is 14.2 Å². The Labute approximate surface area is 132 Å². The van der Waals surface area contributed by atoms with E-state index in [1.165, 1.54) is 16.7 Å². The summed E-state index contributed by atoms with van der Waals surface area (Å²) in [6.45, 7) is 0. The number of halogens is 2. The van der Waals surface area contributed by atoms with Crippen molar-refractivity contribution in [2.24, 2.45) is 0 Å². The largest absolute Gasteiger partial charge is 0.331 e. The van der Waals surface area contributed by atoms with E-state index in [4.69, 9.17) is 12.2 Å². The Hall–Kier alpha value is -1.54. The number of aromatic amines is 1. The first-order chi connectivity index (χ1) is 9.58. The van der Waals surface area contributed by atoms with Gasteiger partial charge in [-0.15, -0.1) is 0 Å². The molecule has 1 heterocycles. The minimum Gasteiger partial charge on any atom is -0.331 e. The van der Waals surface area contributed by atoms with Gasteiger partial charge in [0.15, 0.2) is 4.77 Å². The third kappa shape index (κ3) is 2.18. The summed E-state index contributed by atoms with van der Waals surface area (Å²) < 4.78 is 15.5. The first-order valence-electron chi connectivity index (χ1n) is 5.77. The van der Waals surface area contributed by atoms with Crippen LogP contribution in [0.3, 0.4) is 0 Å². The summed E-state index contributed by atoms with van der Waals surface area (Å²) in [5, 5.41) is 0.543. The molecule has 1 N–H and O–H groups in total. The van der Waals surface area contributed by atoms with E-state index in [2.05, 4.69) is 4.98 Å². The lowest BCUT2D eigenvalue weighted by molar-refractivity contribution is 0.626. The highest BCUT2D eigenvalue weighted by molar-refractivity contribution is 14.1. The molecule has 0 saturated carbocycles. The highest BCUT2D eigenvalue weighted by atomic mass is 127. The van der Waals surface area contributed by atoms with Gasteiger partial charge in [-0.1, -0.05) is 12.1 Å². The van der Waals surface area contributed by atoms with Gasteiger partial charge in [0.1, 0.15) is 5.82 Å². The highest BCUT2D eigenvalue weighted by Gasteiger charge is 2.10. The van der Waals surface area contributed by atoms with Crippen molar-refractivity contribution in [1.29, 1.82) is 0 Å². The van der Waals surface area contributed by atoms with E-state index < -0.39 is 0 Å². The number of H-pyrrole nitrogens is 1. The van der Waals surface area contributed by atoms with E-state index in [0.29, 0.717) is 24.9 Å². The van der Waals surface area contributed by atoms with Crippen molar-refractivity contribution >= 4 is 45.7 Å². The summed E-state index contributed by atoms with van der Waals surface area (Å²) in [6, 6.07) is 11.4. The van der Waals surface area contributed by atoms with Gasteiger partial charge in [0, 0.05) is 3.57 Å². The van der Waals surface area contributed by atoms with Crippen molar-refractivity contribution in [3.05, 3.63) is 67.0 Å². The van der Waals surface area contributed by atoms with Gasteiger partial charge in [0.05, 0.1) is 16.6 Å². The van der Waals surface area contributed by atoms with E-state index in [1.54, 1.807) is 24.3 Å². The number of para-hydroxylation sites is 1. The lowest BCUT2D eigenvalue weighted by atomic mass is 10.2. The Morgan fingerprint density at radius 1 is 1.20 bits per heavy atom. The Morgan fingerprint density at radius 2 is 1.95 bits per heavy atom. The standard InChI is InChI=1S/C14H8FIN2OS/c15-8-5-6-12(10(16)7-8)18-13(19)9-3-1-2-4-11(9)17-14(18)20/h1-7H,(H,17,20). The average Bonchev–Trinajstić information content (AvgIpc) is 2.41. The molecule has 0 aliphatic carbocycles. The van der Waals surface area contributed by atoms with Crippen LogP contribution in [-0.2, 0) is 0 Å². The van der Waals surface area contributed by atoms with Crippen LogP contribution in [0.5, 0.6) is 0 Å². The molecule has 0 spiro atoms. The van der Waals surface area contributed by atoms with E-state index >= 15 is 0 Å². The van der Waals surface area contributed by atoms with Gasteiger partial charge in [0.25, 0.3) is 5.56 Å². The Bertz CT molecular complexity index is 932. The predicted octanol–water partition coefficient (Wildman–Crippen LogP) is 3.79. The van der Waals surface area contributed by atoms with Crippen LogP contribution >= 0.6 is 34.8 Å². The van der Waals surface area contributed by atoms with E-state index in [9.17, 15) is 9.18 Å². The summed E-state index contributed by atoms with van der Waals surface area (Å²) in [4.78, 5) is 15.6. The lowest BCUT2D eigenvalue weighted by Crippen LogP contribution is -2.21. The topological polar surface area (TPSA) is 37.8 Å². The SMILES string of the molecule is O=c1c2ccccc2[nH]c(=S)n1-c1ccc(F)cc1I. The first kappa shape index (κ1) is 13.4. The molecule has 0 radical (unpaired) electrons. The van der Waals surface area contributed by atoms with Crippen molar-refractivity contribution in [1.82, 2.24) is 9.55 Å². The summed E-state index contributed by atoms with van der Waals surface area (Å²) in [5.74, 6) is -0.345. The smallest absolute Gasteiger partial charge is 0.266 e. The molecule has 3 aromatic rings. The molecular weight excluding hydrogens is 390 g/mol. The second kappa shape index (κ2) is 5.10. The van der Waals surface area contributed by atoms with Gasteiger partial charge in [-0.25, -0.2) is 4.39 Å². The van der Waals surface area contributed by atoms with E-state index in [1.807, 2.05) is 28.7 Å². The Morgan fingerprint density at radius 3 is 2.70 bits per heavy atom. The van der Waals surface area contributed by atoms with Gasteiger partial charge in [-0.05, 0) is 65.1 Å².